The van der Waals surface area contributed by atoms with Crippen molar-refractivity contribution in [1.29, 1.82) is 0 Å². The molecule has 1 aromatic carbocycles. The maximum atomic E-state index is 12.4. The summed E-state index contributed by atoms with van der Waals surface area (Å²) >= 11 is 0. The van der Waals surface area contributed by atoms with E-state index in [1.807, 2.05) is 9.80 Å². The Labute approximate surface area is 145 Å². The lowest BCUT2D eigenvalue weighted by Crippen LogP contribution is -2.46. The van der Waals surface area contributed by atoms with Crippen molar-refractivity contribution >= 4 is 6.29 Å². The quantitative estimate of drug-likeness (QED) is 0.705. The highest BCUT2D eigenvalue weighted by Crippen LogP contribution is 2.31. The average molecular weight is 385 g/mol. The molecular weight excluding hydrogens is 370 g/mol. The van der Waals surface area contributed by atoms with Crippen LogP contribution >= 0.6 is 0 Å². The number of alkyl halides is 6. The van der Waals surface area contributed by atoms with Crippen molar-refractivity contribution < 1.29 is 40.6 Å². The number of halogens is 6. The Kier molecular flexibility index (Phi) is 6.34. The van der Waals surface area contributed by atoms with Crippen LogP contribution in [0.3, 0.4) is 0 Å². The van der Waals surface area contributed by atoms with Crippen molar-refractivity contribution in [3.8, 4) is 11.5 Å². The molecule has 0 aliphatic carbocycles. The van der Waals surface area contributed by atoms with Gasteiger partial charge in [0.2, 0.25) is 6.29 Å². The molecule has 0 spiro atoms. The number of hydrogen-bond donors (Lipinski definition) is 0. The number of piperazine rings is 1. The Hall–Kier alpha value is -2.01. The normalized spacial score (nSPS) is 17.2. The summed E-state index contributed by atoms with van der Waals surface area (Å²) in [5.41, 5.74) is 0.182. The minimum Gasteiger partial charge on any atom is -0.406 e. The monoisotopic (exact) mass is 385 g/mol. The third-order valence-corrected chi connectivity index (χ3v) is 3.57. The van der Waals surface area contributed by atoms with Gasteiger partial charge in [0.25, 0.3) is 0 Å². The van der Waals surface area contributed by atoms with Gasteiger partial charge in [-0.05, 0) is 17.7 Å². The van der Waals surface area contributed by atoms with Crippen molar-refractivity contribution in [2.45, 2.75) is 19.3 Å². The molecule has 1 heterocycles. The summed E-state index contributed by atoms with van der Waals surface area (Å²) in [6.45, 7) is 2.36. The average Bonchev–Trinajstić information content (AvgIpc) is 2.45. The topological polar surface area (TPSA) is 42.0 Å². The van der Waals surface area contributed by atoms with E-state index in [1.165, 1.54) is 0 Å². The standard InChI is InChI=1S/C15H15F6N2O3/c16-14(17,18)25-12-7-11(8-13(9-12)26-15(19,20)21)10-23-3-1-22(2-4-23)5-6-24/h7-9H,1-5,10H2. The summed E-state index contributed by atoms with van der Waals surface area (Å²) in [5, 5.41) is 0. The van der Waals surface area contributed by atoms with Gasteiger partial charge in [0.05, 0.1) is 6.54 Å². The number of nitrogens with zero attached hydrogens (tertiary/aromatic N) is 2. The smallest absolute Gasteiger partial charge is 0.406 e. The van der Waals surface area contributed by atoms with Crippen LogP contribution in [0.2, 0.25) is 0 Å². The van der Waals surface area contributed by atoms with Gasteiger partial charge < -0.3 is 9.47 Å². The van der Waals surface area contributed by atoms with Gasteiger partial charge in [-0.3, -0.25) is 14.6 Å². The Balaban J connectivity index is 2.12. The van der Waals surface area contributed by atoms with Gasteiger partial charge in [-0.15, -0.1) is 26.3 Å². The zero-order valence-electron chi connectivity index (χ0n) is 13.4. The van der Waals surface area contributed by atoms with E-state index in [1.54, 1.807) is 6.29 Å². The van der Waals surface area contributed by atoms with Crippen molar-refractivity contribution in [3.05, 3.63) is 23.8 Å². The fourth-order valence-corrected chi connectivity index (χ4v) is 2.56. The Morgan fingerprint density at radius 1 is 0.846 bits per heavy atom. The van der Waals surface area contributed by atoms with Crippen molar-refractivity contribution in [1.82, 2.24) is 9.80 Å². The Morgan fingerprint density at radius 3 is 1.73 bits per heavy atom. The first-order valence-corrected chi connectivity index (χ1v) is 7.49. The molecule has 11 heteroatoms. The first kappa shape index (κ1) is 20.3. The van der Waals surface area contributed by atoms with E-state index in [0.717, 1.165) is 12.1 Å². The predicted octanol–water partition coefficient (Wildman–Crippen LogP) is 2.71. The van der Waals surface area contributed by atoms with Gasteiger partial charge in [-0.1, -0.05) is 0 Å². The second kappa shape index (κ2) is 8.12. The van der Waals surface area contributed by atoms with Crippen molar-refractivity contribution in [2.24, 2.45) is 0 Å². The summed E-state index contributed by atoms with van der Waals surface area (Å²) in [5.74, 6) is -1.58. The largest absolute Gasteiger partial charge is 0.573 e. The van der Waals surface area contributed by atoms with E-state index in [9.17, 15) is 31.1 Å². The molecular formula is C15H15F6N2O3. The van der Waals surface area contributed by atoms with Crippen molar-refractivity contribution in [2.75, 3.05) is 32.7 Å². The van der Waals surface area contributed by atoms with E-state index < -0.39 is 24.2 Å². The molecule has 5 nitrogen and oxygen atoms in total. The summed E-state index contributed by atoms with van der Waals surface area (Å²) in [6, 6.07) is 2.56. The molecule has 145 valence electrons. The number of hydrogen-bond acceptors (Lipinski definition) is 5. The van der Waals surface area contributed by atoms with Crippen LogP contribution in [0, 0.1) is 0 Å². The van der Waals surface area contributed by atoms with E-state index in [2.05, 4.69) is 9.47 Å². The van der Waals surface area contributed by atoms with Crippen molar-refractivity contribution in [3.63, 3.8) is 0 Å². The molecule has 2 rings (SSSR count). The van der Waals surface area contributed by atoms with Gasteiger partial charge in [-0.25, -0.2) is 0 Å². The maximum Gasteiger partial charge on any atom is 0.573 e. The summed E-state index contributed by atoms with van der Waals surface area (Å²) in [6.07, 6.45) is -8.30. The van der Waals surface area contributed by atoms with Crippen LogP contribution in [0.15, 0.2) is 18.2 Å². The number of benzene rings is 1. The first-order chi connectivity index (χ1) is 12.0. The molecule has 26 heavy (non-hydrogen) atoms. The second-order valence-electron chi connectivity index (χ2n) is 5.60. The highest BCUT2D eigenvalue weighted by atomic mass is 19.4. The summed E-state index contributed by atoms with van der Waals surface area (Å²) < 4.78 is 81.7. The molecule has 1 aliphatic rings. The third kappa shape index (κ3) is 7.08. The molecule has 0 bridgehead atoms. The fraction of sp³-hybridized carbons (Fsp3) is 0.533. The molecule has 1 fully saturated rings. The van der Waals surface area contributed by atoms with Crippen LogP contribution in [0.5, 0.6) is 11.5 Å². The van der Waals surface area contributed by atoms with Gasteiger partial charge >= 0.3 is 12.7 Å². The van der Waals surface area contributed by atoms with Crippen LogP contribution in [0.25, 0.3) is 0 Å². The molecule has 0 aromatic heterocycles. The number of rotatable bonds is 6. The van der Waals surface area contributed by atoms with E-state index >= 15 is 0 Å². The molecule has 0 unspecified atom stereocenters. The van der Waals surface area contributed by atoms with Gasteiger partial charge in [0.15, 0.2) is 0 Å². The van der Waals surface area contributed by atoms with Gasteiger partial charge in [-0.2, -0.15) is 0 Å². The number of ether oxygens (including phenoxy) is 2. The van der Waals surface area contributed by atoms with Crippen LogP contribution in [0.1, 0.15) is 5.56 Å². The molecule has 0 saturated carbocycles. The van der Waals surface area contributed by atoms with Crippen LogP contribution in [0.4, 0.5) is 26.3 Å². The molecule has 0 atom stereocenters. The SMILES string of the molecule is O=[C]CN1CCN(Cc2cc(OC(F)(F)F)cc(OC(F)(F)F)c2)CC1. The zero-order valence-corrected chi connectivity index (χ0v) is 13.4. The summed E-state index contributed by atoms with van der Waals surface area (Å²) in [7, 11) is 0. The molecule has 1 aromatic rings. The summed E-state index contributed by atoms with van der Waals surface area (Å²) in [4.78, 5) is 14.0. The van der Waals surface area contributed by atoms with Gasteiger partial charge in [0.1, 0.15) is 11.5 Å². The molecule has 0 N–H and O–H groups in total. The number of carbonyl (C=O) groups excluding carboxylic acids is 1. The lowest BCUT2D eigenvalue weighted by atomic mass is 10.1. The first-order valence-electron chi connectivity index (χ1n) is 7.49. The highest BCUT2D eigenvalue weighted by Gasteiger charge is 2.34. The third-order valence-electron chi connectivity index (χ3n) is 3.57. The Morgan fingerprint density at radius 2 is 1.31 bits per heavy atom. The fourth-order valence-electron chi connectivity index (χ4n) is 2.56. The van der Waals surface area contributed by atoms with E-state index in [0.29, 0.717) is 32.2 Å². The Bertz CT molecular complexity index is 578. The predicted molar refractivity (Wildman–Crippen MR) is 77.2 cm³/mol. The molecule has 0 amide bonds. The lowest BCUT2D eigenvalue weighted by molar-refractivity contribution is -0.276. The second-order valence-corrected chi connectivity index (χ2v) is 5.60. The van der Waals surface area contributed by atoms with Gasteiger partial charge in [0, 0.05) is 38.8 Å². The van der Waals surface area contributed by atoms with E-state index in [-0.39, 0.29) is 18.7 Å². The zero-order chi connectivity index (χ0) is 19.4. The molecule has 1 aliphatic heterocycles. The maximum absolute atomic E-state index is 12.4. The highest BCUT2D eigenvalue weighted by molar-refractivity contribution is 5.53. The lowest BCUT2D eigenvalue weighted by Gasteiger charge is -2.33. The minimum absolute atomic E-state index is 0.113. The molecule has 1 saturated heterocycles. The molecule has 1 radical (unpaired) electrons. The minimum atomic E-state index is -5.04. The van der Waals surface area contributed by atoms with Crippen LogP contribution in [-0.4, -0.2) is 61.5 Å². The van der Waals surface area contributed by atoms with E-state index in [4.69, 9.17) is 0 Å². The van der Waals surface area contributed by atoms with Crippen LogP contribution < -0.4 is 9.47 Å². The van der Waals surface area contributed by atoms with Crippen LogP contribution in [-0.2, 0) is 11.3 Å².